The van der Waals surface area contributed by atoms with Gasteiger partial charge in [0.25, 0.3) is 0 Å². The molecule has 0 aliphatic heterocycles. The van der Waals surface area contributed by atoms with Crippen molar-refractivity contribution in [2.45, 2.75) is 0 Å². The Morgan fingerprint density at radius 2 is 0.982 bits per heavy atom. The SMILES string of the molecule is c1ccc(-c2nc(-c3ccc4c(c3)oc3cccc(-n5c6ccccc6c6ccccc65)c34)nc(-c3ccc4c(c3)sc3cccc(-c5ccccc5)c34)n2)cc1. The van der Waals surface area contributed by atoms with Crippen molar-refractivity contribution in [2.24, 2.45) is 0 Å². The fourth-order valence-corrected chi connectivity index (χ4v) is 9.66. The lowest BCUT2D eigenvalue weighted by atomic mass is 9.99. The summed E-state index contributed by atoms with van der Waals surface area (Å²) in [5, 5.41) is 7.06. The Bertz CT molecular complexity index is 3470. The van der Waals surface area contributed by atoms with Crippen molar-refractivity contribution in [3.8, 4) is 51.0 Å². The number of hydrogen-bond acceptors (Lipinski definition) is 5. The van der Waals surface area contributed by atoms with Crippen molar-refractivity contribution in [2.75, 3.05) is 0 Å². The smallest absolute Gasteiger partial charge is 0.164 e. The molecule has 4 aromatic heterocycles. The average molecular weight is 747 g/mol. The molecule has 0 aliphatic carbocycles. The summed E-state index contributed by atoms with van der Waals surface area (Å²) < 4.78 is 11.4. The molecule has 0 atom stereocenters. The first-order valence-corrected chi connectivity index (χ1v) is 19.8. The summed E-state index contributed by atoms with van der Waals surface area (Å²) in [5.41, 5.74) is 10.2. The van der Waals surface area contributed by atoms with Gasteiger partial charge in [-0.05, 0) is 59.7 Å². The molecule has 12 rings (SSSR count). The van der Waals surface area contributed by atoms with Crippen LogP contribution in [0, 0.1) is 0 Å². The summed E-state index contributed by atoms with van der Waals surface area (Å²) >= 11 is 1.80. The van der Waals surface area contributed by atoms with Crippen LogP contribution in [-0.2, 0) is 0 Å². The topological polar surface area (TPSA) is 56.7 Å². The molecule has 4 heterocycles. The standard InChI is InChI=1S/C51H30N4OS/c1-3-13-31(14-4-1)35-19-11-24-45-47(35)39-28-26-34(30-46(39)57-45)51-53-49(32-15-5-2-6-16-32)52-50(54-51)33-25-27-38-44(29-33)56-43-23-12-22-42(48(38)43)55-40-20-9-7-17-36(40)37-18-8-10-21-41(37)55/h1-30H. The Morgan fingerprint density at radius 3 is 1.70 bits per heavy atom. The van der Waals surface area contributed by atoms with Gasteiger partial charge in [0.05, 0.1) is 22.1 Å². The molecule has 0 saturated heterocycles. The van der Waals surface area contributed by atoms with Gasteiger partial charge in [-0.1, -0.05) is 133 Å². The maximum atomic E-state index is 6.64. The molecule has 0 aliphatic rings. The van der Waals surface area contributed by atoms with Crippen molar-refractivity contribution in [3.63, 3.8) is 0 Å². The van der Waals surface area contributed by atoms with Crippen LogP contribution in [0.2, 0.25) is 0 Å². The molecule has 5 nitrogen and oxygen atoms in total. The Labute approximate surface area is 330 Å². The van der Waals surface area contributed by atoms with Crippen molar-refractivity contribution in [3.05, 3.63) is 182 Å². The molecule has 0 amide bonds. The molecule has 0 spiro atoms. The number of hydrogen-bond donors (Lipinski definition) is 0. The summed E-state index contributed by atoms with van der Waals surface area (Å²) in [6.07, 6.45) is 0. The van der Waals surface area contributed by atoms with E-state index in [1.807, 2.05) is 36.4 Å². The molecule has 12 aromatic rings. The highest BCUT2D eigenvalue weighted by atomic mass is 32.1. The Hall–Kier alpha value is -7.41. The van der Waals surface area contributed by atoms with Gasteiger partial charge in [0.1, 0.15) is 11.2 Å². The molecule has 8 aromatic carbocycles. The minimum absolute atomic E-state index is 0.589. The predicted octanol–water partition coefficient (Wildman–Crippen LogP) is 13.9. The summed E-state index contributed by atoms with van der Waals surface area (Å²) in [6, 6.07) is 63.7. The molecule has 266 valence electrons. The number of nitrogens with zero attached hydrogens (tertiary/aromatic N) is 4. The first kappa shape index (κ1) is 31.9. The van der Waals surface area contributed by atoms with Gasteiger partial charge in [-0.3, -0.25) is 0 Å². The maximum absolute atomic E-state index is 6.64. The van der Waals surface area contributed by atoms with E-state index in [9.17, 15) is 0 Å². The van der Waals surface area contributed by atoms with Crippen LogP contribution >= 0.6 is 11.3 Å². The summed E-state index contributed by atoms with van der Waals surface area (Å²) in [5.74, 6) is 1.84. The second-order valence-corrected chi connectivity index (χ2v) is 15.4. The minimum atomic E-state index is 0.589. The number of rotatable bonds is 5. The summed E-state index contributed by atoms with van der Waals surface area (Å²) in [4.78, 5) is 15.3. The van der Waals surface area contributed by atoms with Crippen molar-refractivity contribution in [1.29, 1.82) is 0 Å². The van der Waals surface area contributed by atoms with Crippen LogP contribution in [0.4, 0.5) is 0 Å². The quantitative estimate of drug-likeness (QED) is 0.176. The van der Waals surface area contributed by atoms with Crippen LogP contribution < -0.4 is 0 Å². The molecule has 0 radical (unpaired) electrons. The third-order valence-corrected chi connectivity index (χ3v) is 12.2. The van der Waals surface area contributed by atoms with Gasteiger partial charge in [0.2, 0.25) is 0 Å². The molecule has 0 saturated carbocycles. The van der Waals surface area contributed by atoms with Gasteiger partial charge in [0.15, 0.2) is 17.5 Å². The van der Waals surface area contributed by atoms with E-state index >= 15 is 0 Å². The molecule has 0 unspecified atom stereocenters. The van der Waals surface area contributed by atoms with Crippen LogP contribution in [0.5, 0.6) is 0 Å². The van der Waals surface area contributed by atoms with Crippen molar-refractivity contribution < 1.29 is 4.42 Å². The summed E-state index contributed by atoms with van der Waals surface area (Å²) in [6.45, 7) is 0. The van der Waals surface area contributed by atoms with Gasteiger partial charge >= 0.3 is 0 Å². The molecule has 0 bridgehead atoms. The van der Waals surface area contributed by atoms with Crippen LogP contribution in [0.1, 0.15) is 0 Å². The number of furan rings is 1. The highest BCUT2D eigenvalue weighted by Crippen LogP contribution is 2.42. The van der Waals surface area contributed by atoms with E-state index in [-0.39, 0.29) is 0 Å². The highest BCUT2D eigenvalue weighted by Gasteiger charge is 2.20. The van der Waals surface area contributed by atoms with Crippen molar-refractivity contribution in [1.82, 2.24) is 19.5 Å². The second kappa shape index (κ2) is 12.6. The molecular formula is C51H30N4OS. The maximum Gasteiger partial charge on any atom is 0.164 e. The normalized spacial score (nSPS) is 11.9. The van der Waals surface area contributed by atoms with Crippen LogP contribution in [0.15, 0.2) is 186 Å². The predicted molar refractivity (Wildman–Crippen MR) is 236 cm³/mol. The first-order chi connectivity index (χ1) is 28.2. The zero-order valence-electron chi connectivity index (χ0n) is 30.4. The lowest BCUT2D eigenvalue weighted by Crippen LogP contribution is -2.00. The van der Waals surface area contributed by atoms with E-state index in [0.717, 1.165) is 55.3 Å². The third-order valence-electron chi connectivity index (χ3n) is 11.1. The minimum Gasteiger partial charge on any atom is -0.456 e. The largest absolute Gasteiger partial charge is 0.456 e. The second-order valence-electron chi connectivity index (χ2n) is 14.4. The zero-order valence-corrected chi connectivity index (χ0v) is 31.2. The van der Waals surface area contributed by atoms with E-state index in [2.05, 4.69) is 150 Å². The Kier molecular flexibility index (Phi) is 7.03. The fraction of sp³-hybridized carbons (Fsp3) is 0. The average Bonchev–Trinajstić information content (AvgIpc) is 3.96. The van der Waals surface area contributed by atoms with E-state index < -0.39 is 0 Å². The van der Waals surface area contributed by atoms with Gasteiger partial charge in [-0.15, -0.1) is 11.3 Å². The van der Waals surface area contributed by atoms with Gasteiger partial charge < -0.3 is 8.98 Å². The highest BCUT2D eigenvalue weighted by molar-refractivity contribution is 7.26. The number of aromatic nitrogens is 4. The van der Waals surface area contributed by atoms with Crippen molar-refractivity contribution >= 4 is 75.3 Å². The number of benzene rings is 8. The zero-order chi connectivity index (χ0) is 37.5. The first-order valence-electron chi connectivity index (χ1n) is 19.0. The molecule has 0 fully saturated rings. The van der Waals surface area contributed by atoms with Gasteiger partial charge in [-0.25, -0.2) is 15.0 Å². The Balaban J connectivity index is 1.02. The van der Waals surface area contributed by atoms with E-state index in [1.165, 1.54) is 42.1 Å². The number of fused-ring (bicyclic) bond motifs is 9. The lowest BCUT2D eigenvalue weighted by Gasteiger charge is -2.10. The monoisotopic (exact) mass is 746 g/mol. The third kappa shape index (κ3) is 5.04. The number of thiophene rings is 1. The number of para-hydroxylation sites is 2. The van der Waals surface area contributed by atoms with Crippen LogP contribution in [0.3, 0.4) is 0 Å². The van der Waals surface area contributed by atoms with Crippen LogP contribution in [-0.4, -0.2) is 19.5 Å². The Morgan fingerprint density at radius 1 is 0.386 bits per heavy atom. The molecule has 57 heavy (non-hydrogen) atoms. The fourth-order valence-electron chi connectivity index (χ4n) is 8.49. The van der Waals surface area contributed by atoms with Gasteiger partial charge in [-0.2, -0.15) is 0 Å². The lowest BCUT2D eigenvalue weighted by molar-refractivity contribution is 0.669. The molecule has 6 heteroatoms. The molecule has 0 N–H and O–H groups in total. The van der Waals surface area contributed by atoms with E-state index in [4.69, 9.17) is 19.4 Å². The van der Waals surface area contributed by atoms with E-state index in [1.54, 1.807) is 11.3 Å². The molecular weight excluding hydrogens is 717 g/mol. The van der Waals surface area contributed by atoms with E-state index in [0.29, 0.717) is 17.5 Å². The van der Waals surface area contributed by atoms with Gasteiger partial charge in [0, 0.05) is 53.0 Å². The van der Waals surface area contributed by atoms with Crippen LogP contribution in [0.25, 0.3) is 115 Å². The summed E-state index contributed by atoms with van der Waals surface area (Å²) in [7, 11) is 0.